The van der Waals surface area contributed by atoms with Crippen molar-refractivity contribution < 1.29 is 20.1 Å². The highest BCUT2D eigenvalue weighted by atomic mass is 16.4. The van der Waals surface area contributed by atoms with Crippen molar-refractivity contribution >= 4 is 6.29 Å². The highest BCUT2D eigenvalue weighted by molar-refractivity contribution is 5.52. The van der Waals surface area contributed by atoms with E-state index < -0.39 is 18.8 Å². The Labute approximate surface area is 65.5 Å². The van der Waals surface area contributed by atoms with Crippen LogP contribution in [0.4, 0.5) is 0 Å². The lowest BCUT2D eigenvalue weighted by Gasteiger charge is -2.16. The topological polar surface area (TPSA) is 77.8 Å². The first-order valence-electron chi connectivity index (χ1n) is 3.54. The first kappa shape index (κ1) is 10.6. The summed E-state index contributed by atoms with van der Waals surface area (Å²) in [5.74, 6) is -0.286. The van der Waals surface area contributed by atoms with Crippen LogP contribution in [0.5, 0.6) is 0 Å². The summed E-state index contributed by atoms with van der Waals surface area (Å²) >= 11 is 0. The zero-order valence-corrected chi connectivity index (χ0v) is 6.47. The fourth-order valence-corrected chi connectivity index (χ4v) is 0.715. The minimum Gasteiger partial charge on any atom is -0.394 e. The number of aliphatic hydroxyl groups excluding tert-OH is 3. The average Bonchev–Trinajstić information content (AvgIpc) is 2.02. The molecule has 0 aliphatic rings. The van der Waals surface area contributed by atoms with Crippen molar-refractivity contribution in [2.75, 3.05) is 6.61 Å². The maximum absolute atomic E-state index is 10.1. The van der Waals surface area contributed by atoms with Gasteiger partial charge in [0.05, 0.1) is 12.7 Å². The molecule has 3 atom stereocenters. The predicted octanol–water partition coefficient (Wildman–Crippen LogP) is -1.07. The molecule has 0 saturated carbocycles. The Hall–Kier alpha value is -0.450. The van der Waals surface area contributed by atoms with Gasteiger partial charge in [-0.2, -0.15) is 0 Å². The van der Waals surface area contributed by atoms with Gasteiger partial charge in [-0.15, -0.1) is 0 Å². The van der Waals surface area contributed by atoms with Crippen LogP contribution in [0, 0.1) is 5.92 Å². The van der Waals surface area contributed by atoms with Crippen molar-refractivity contribution in [2.45, 2.75) is 25.6 Å². The van der Waals surface area contributed by atoms with Gasteiger partial charge in [0.15, 0.2) is 0 Å². The lowest BCUT2D eigenvalue weighted by Crippen LogP contribution is -2.30. The maximum atomic E-state index is 10.1. The molecule has 0 saturated heterocycles. The van der Waals surface area contributed by atoms with Gasteiger partial charge in [0, 0.05) is 5.92 Å². The molecular weight excluding hydrogens is 148 g/mol. The molecule has 0 rings (SSSR count). The van der Waals surface area contributed by atoms with Crippen LogP contribution < -0.4 is 0 Å². The smallest absolute Gasteiger partial charge is 0.122 e. The molecule has 0 bridgehead atoms. The summed E-state index contributed by atoms with van der Waals surface area (Å²) in [7, 11) is 0. The highest BCUT2D eigenvalue weighted by Gasteiger charge is 2.17. The van der Waals surface area contributed by atoms with E-state index >= 15 is 0 Å². The Morgan fingerprint density at radius 1 is 1.36 bits per heavy atom. The molecule has 0 aromatic heterocycles. The van der Waals surface area contributed by atoms with Crippen LogP contribution in [0.1, 0.15) is 13.3 Å². The lowest BCUT2D eigenvalue weighted by molar-refractivity contribution is -0.112. The average molecular weight is 162 g/mol. The second-order valence-corrected chi connectivity index (χ2v) is 2.67. The number of hydrogen-bond acceptors (Lipinski definition) is 4. The standard InChI is InChI=1S/C7H14O4/c1-5(3-8)2-6(10)7(11)4-9/h3,5-7,9-11H,2,4H2,1H3. The van der Waals surface area contributed by atoms with E-state index in [1.54, 1.807) is 6.92 Å². The highest BCUT2D eigenvalue weighted by Crippen LogP contribution is 2.06. The second kappa shape index (κ2) is 5.23. The summed E-state index contributed by atoms with van der Waals surface area (Å²) in [6.45, 7) is 1.16. The molecule has 0 heterocycles. The van der Waals surface area contributed by atoms with Crippen LogP contribution in [0.15, 0.2) is 0 Å². The largest absolute Gasteiger partial charge is 0.394 e. The minimum absolute atomic E-state index is 0.186. The number of aliphatic hydroxyl groups is 3. The number of carbonyl (C=O) groups is 1. The van der Waals surface area contributed by atoms with E-state index in [4.69, 9.17) is 15.3 Å². The van der Waals surface area contributed by atoms with E-state index in [0.717, 1.165) is 0 Å². The number of aldehydes is 1. The third kappa shape index (κ3) is 4.08. The van der Waals surface area contributed by atoms with Crippen LogP contribution >= 0.6 is 0 Å². The molecular formula is C7H14O4. The van der Waals surface area contributed by atoms with E-state index in [2.05, 4.69) is 0 Å². The van der Waals surface area contributed by atoms with Crippen LogP contribution in [-0.2, 0) is 4.79 Å². The molecule has 0 amide bonds. The van der Waals surface area contributed by atoms with E-state index in [1.807, 2.05) is 0 Å². The molecule has 4 nitrogen and oxygen atoms in total. The number of rotatable bonds is 5. The van der Waals surface area contributed by atoms with Crippen molar-refractivity contribution in [1.29, 1.82) is 0 Å². The van der Waals surface area contributed by atoms with Gasteiger partial charge >= 0.3 is 0 Å². The van der Waals surface area contributed by atoms with Gasteiger partial charge in [0.2, 0.25) is 0 Å². The summed E-state index contributed by atoms with van der Waals surface area (Å²) < 4.78 is 0. The monoisotopic (exact) mass is 162 g/mol. The van der Waals surface area contributed by atoms with E-state index in [-0.39, 0.29) is 12.3 Å². The molecule has 0 aliphatic carbocycles. The van der Waals surface area contributed by atoms with Crippen LogP contribution in [0.3, 0.4) is 0 Å². The van der Waals surface area contributed by atoms with Crippen molar-refractivity contribution in [3.63, 3.8) is 0 Å². The molecule has 11 heavy (non-hydrogen) atoms. The van der Waals surface area contributed by atoms with Crippen LogP contribution in [-0.4, -0.2) is 40.4 Å². The van der Waals surface area contributed by atoms with E-state index in [9.17, 15) is 4.79 Å². The second-order valence-electron chi connectivity index (χ2n) is 2.67. The summed E-state index contributed by atoms with van der Waals surface area (Å²) in [5.41, 5.74) is 0. The van der Waals surface area contributed by atoms with Crippen LogP contribution in [0.2, 0.25) is 0 Å². The third-order valence-corrected chi connectivity index (χ3v) is 1.48. The molecule has 0 radical (unpaired) electrons. The van der Waals surface area contributed by atoms with Gasteiger partial charge < -0.3 is 20.1 Å². The predicted molar refractivity (Wildman–Crippen MR) is 38.9 cm³/mol. The van der Waals surface area contributed by atoms with Crippen LogP contribution in [0.25, 0.3) is 0 Å². The van der Waals surface area contributed by atoms with Gasteiger partial charge in [-0.1, -0.05) is 6.92 Å². The Balaban J connectivity index is 3.66. The fourth-order valence-electron chi connectivity index (χ4n) is 0.715. The molecule has 66 valence electrons. The molecule has 0 fully saturated rings. The zero-order chi connectivity index (χ0) is 8.85. The molecule has 3 N–H and O–H groups in total. The van der Waals surface area contributed by atoms with Gasteiger partial charge in [-0.25, -0.2) is 0 Å². The molecule has 3 unspecified atom stereocenters. The minimum atomic E-state index is -1.14. The number of hydrogen-bond donors (Lipinski definition) is 3. The fraction of sp³-hybridized carbons (Fsp3) is 0.857. The molecule has 0 spiro atoms. The van der Waals surface area contributed by atoms with Crippen molar-refractivity contribution in [3.8, 4) is 0 Å². The van der Waals surface area contributed by atoms with E-state index in [1.165, 1.54) is 0 Å². The summed E-state index contributed by atoms with van der Waals surface area (Å²) in [5, 5.41) is 26.3. The first-order chi connectivity index (χ1) is 5.11. The Morgan fingerprint density at radius 2 is 1.91 bits per heavy atom. The van der Waals surface area contributed by atoms with Crippen molar-refractivity contribution in [2.24, 2.45) is 5.92 Å². The van der Waals surface area contributed by atoms with E-state index in [0.29, 0.717) is 6.29 Å². The SMILES string of the molecule is CC(C=O)CC(O)C(O)CO. The van der Waals surface area contributed by atoms with Gasteiger partial charge in [-0.05, 0) is 6.42 Å². The van der Waals surface area contributed by atoms with Gasteiger partial charge in [0.1, 0.15) is 12.4 Å². The van der Waals surface area contributed by atoms with Crippen molar-refractivity contribution in [1.82, 2.24) is 0 Å². The molecule has 0 aliphatic heterocycles. The summed E-state index contributed by atoms with van der Waals surface area (Å²) in [6, 6.07) is 0. The molecule has 4 heteroatoms. The first-order valence-corrected chi connectivity index (χ1v) is 3.54. The quantitative estimate of drug-likeness (QED) is 0.450. The normalized spacial score (nSPS) is 18.9. The van der Waals surface area contributed by atoms with Gasteiger partial charge in [0.25, 0.3) is 0 Å². The molecule has 0 aromatic carbocycles. The van der Waals surface area contributed by atoms with Gasteiger partial charge in [-0.3, -0.25) is 0 Å². The molecule has 0 aromatic rings. The number of carbonyl (C=O) groups excluding carboxylic acids is 1. The third-order valence-electron chi connectivity index (χ3n) is 1.48. The maximum Gasteiger partial charge on any atom is 0.122 e. The Bertz CT molecular complexity index is 115. The lowest BCUT2D eigenvalue weighted by atomic mass is 10.0. The van der Waals surface area contributed by atoms with Crippen molar-refractivity contribution in [3.05, 3.63) is 0 Å². The zero-order valence-electron chi connectivity index (χ0n) is 6.47. The summed E-state index contributed by atoms with van der Waals surface area (Å²) in [6.07, 6.45) is -1.27. The summed E-state index contributed by atoms with van der Waals surface area (Å²) in [4.78, 5) is 10.1. The Kier molecular flexibility index (Phi) is 5.02. The Morgan fingerprint density at radius 3 is 2.27 bits per heavy atom.